The van der Waals surface area contributed by atoms with E-state index in [4.69, 9.17) is 4.42 Å². The summed E-state index contributed by atoms with van der Waals surface area (Å²) in [5.74, 6) is -0.460. The highest BCUT2D eigenvalue weighted by atomic mass is 79.9. The Labute approximate surface area is 168 Å². The maximum atomic E-state index is 12.5. The minimum absolute atomic E-state index is 0.429. The highest BCUT2D eigenvalue weighted by Crippen LogP contribution is 2.29. The molecule has 0 N–H and O–H groups in total. The second kappa shape index (κ2) is 7.09. The third-order valence-electron chi connectivity index (χ3n) is 4.43. The lowest BCUT2D eigenvalue weighted by Crippen LogP contribution is -2.03. The van der Waals surface area contributed by atoms with Crippen LogP contribution in [0.3, 0.4) is 0 Å². The number of hydrogen-bond acceptors (Lipinski definition) is 5. The summed E-state index contributed by atoms with van der Waals surface area (Å²) in [5.41, 5.74) is 2.75. The predicted octanol–water partition coefficient (Wildman–Crippen LogP) is 4.39. The molecule has 2 aromatic heterocycles. The van der Waals surface area contributed by atoms with Gasteiger partial charge in [-0.1, -0.05) is 28.1 Å². The molecule has 0 saturated carbocycles. The Kier molecular flexibility index (Phi) is 4.60. The zero-order valence-corrected chi connectivity index (χ0v) is 16.7. The molecule has 4 aromatic rings. The normalized spacial score (nSPS) is 11.5. The summed E-state index contributed by atoms with van der Waals surface area (Å²) in [6.07, 6.45) is 3.00. The van der Waals surface area contributed by atoms with Crippen LogP contribution in [0, 0.1) is 6.92 Å². The van der Waals surface area contributed by atoms with E-state index in [1.807, 2.05) is 36.4 Å². The molecule has 2 heterocycles. The van der Waals surface area contributed by atoms with Crippen LogP contribution in [0.4, 0.5) is 0 Å². The van der Waals surface area contributed by atoms with Crippen LogP contribution in [-0.4, -0.2) is 22.9 Å². The Bertz CT molecular complexity index is 1320. The van der Waals surface area contributed by atoms with Crippen molar-refractivity contribution in [3.63, 3.8) is 0 Å². The monoisotopic (exact) mass is 438 g/mol. The number of nitrogens with zero attached hydrogens (tertiary/aromatic N) is 2. The van der Waals surface area contributed by atoms with E-state index in [1.54, 1.807) is 23.7 Å². The van der Waals surface area contributed by atoms with Gasteiger partial charge in [0.1, 0.15) is 11.0 Å². The number of rotatable bonds is 3. The Hall–Kier alpha value is -3.19. The lowest BCUT2D eigenvalue weighted by Gasteiger charge is -2.10. The molecule has 0 aliphatic heterocycles. The molecule has 0 amide bonds. The van der Waals surface area contributed by atoms with Crippen molar-refractivity contribution in [2.24, 2.45) is 0 Å². The van der Waals surface area contributed by atoms with E-state index in [2.05, 4.69) is 25.8 Å². The molecule has 0 saturated heterocycles. The number of carbonyl (C=O) groups is 1. The standard InChI is InChI=1S/C21H15BrN2O4/c1-12-19-20(15-5-3-4-6-17(15)28-21(19)26)24(23-12)16-9-8-14(22)11-13(16)7-10-18(25)27-2/h3-11H,1-2H3/b10-7+. The van der Waals surface area contributed by atoms with Gasteiger partial charge < -0.3 is 9.15 Å². The zero-order valence-electron chi connectivity index (χ0n) is 15.1. The number of para-hydroxylation sites is 1. The SMILES string of the molecule is COC(=O)/C=C/c1cc(Br)ccc1-n1nc(C)c2c(=O)oc3ccccc3c21. The second-order valence-electron chi connectivity index (χ2n) is 6.17. The van der Waals surface area contributed by atoms with Crippen LogP contribution < -0.4 is 5.63 Å². The lowest BCUT2D eigenvalue weighted by atomic mass is 10.1. The van der Waals surface area contributed by atoms with E-state index >= 15 is 0 Å². The summed E-state index contributed by atoms with van der Waals surface area (Å²) in [5, 5.41) is 5.82. The van der Waals surface area contributed by atoms with Gasteiger partial charge in [-0.2, -0.15) is 5.10 Å². The van der Waals surface area contributed by atoms with Gasteiger partial charge in [0.2, 0.25) is 0 Å². The van der Waals surface area contributed by atoms with Crippen molar-refractivity contribution >= 4 is 49.8 Å². The van der Waals surface area contributed by atoms with Crippen LogP contribution in [0.25, 0.3) is 33.6 Å². The van der Waals surface area contributed by atoms with Gasteiger partial charge in [0, 0.05) is 21.5 Å². The molecule has 28 heavy (non-hydrogen) atoms. The average Bonchev–Trinajstić information content (AvgIpc) is 3.04. The molecular weight excluding hydrogens is 424 g/mol. The Morgan fingerprint density at radius 1 is 1.25 bits per heavy atom. The van der Waals surface area contributed by atoms with Crippen molar-refractivity contribution in [3.05, 3.63) is 74.7 Å². The fraction of sp³-hybridized carbons (Fsp3) is 0.0952. The van der Waals surface area contributed by atoms with Crippen molar-refractivity contribution in [2.75, 3.05) is 7.11 Å². The highest BCUT2D eigenvalue weighted by molar-refractivity contribution is 9.10. The number of methoxy groups -OCH3 is 1. The highest BCUT2D eigenvalue weighted by Gasteiger charge is 2.18. The number of halogens is 1. The number of hydrogen-bond donors (Lipinski definition) is 0. The quantitative estimate of drug-likeness (QED) is 0.269. The molecule has 0 spiro atoms. The van der Waals surface area contributed by atoms with Crippen LogP contribution >= 0.6 is 15.9 Å². The molecule has 4 rings (SSSR count). The molecule has 0 radical (unpaired) electrons. The summed E-state index contributed by atoms with van der Waals surface area (Å²) >= 11 is 3.45. The Morgan fingerprint density at radius 2 is 2.04 bits per heavy atom. The third-order valence-corrected chi connectivity index (χ3v) is 4.92. The minimum atomic E-state index is -0.460. The van der Waals surface area contributed by atoms with E-state index in [0.29, 0.717) is 22.2 Å². The topological polar surface area (TPSA) is 74.3 Å². The first-order chi connectivity index (χ1) is 13.5. The Morgan fingerprint density at radius 3 is 2.82 bits per heavy atom. The number of fused-ring (bicyclic) bond motifs is 3. The van der Waals surface area contributed by atoms with Gasteiger partial charge in [0.25, 0.3) is 0 Å². The van der Waals surface area contributed by atoms with Crippen LogP contribution in [0.5, 0.6) is 0 Å². The van der Waals surface area contributed by atoms with Gasteiger partial charge in [0.15, 0.2) is 0 Å². The van der Waals surface area contributed by atoms with Crippen molar-refractivity contribution in [2.45, 2.75) is 6.92 Å². The van der Waals surface area contributed by atoms with Gasteiger partial charge in [-0.05, 0) is 43.3 Å². The lowest BCUT2D eigenvalue weighted by molar-refractivity contribution is -0.134. The van der Waals surface area contributed by atoms with Gasteiger partial charge in [-0.25, -0.2) is 14.3 Å². The van der Waals surface area contributed by atoms with Gasteiger partial charge in [0.05, 0.1) is 24.0 Å². The summed E-state index contributed by atoms with van der Waals surface area (Å²) in [6.45, 7) is 1.77. The van der Waals surface area contributed by atoms with Gasteiger partial charge >= 0.3 is 11.6 Å². The molecule has 0 unspecified atom stereocenters. The van der Waals surface area contributed by atoms with Crippen LogP contribution in [-0.2, 0) is 9.53 Å². The molecule has 6 nitrogen and oxygen atoms in total. The Balaban J connectivity index is 2.07. The van der Waals surface area contributed by atoms with E-state index in [0.717, 1.165) is 21.1 Å². The van der Waals surface area contributed by atoms with Crippen LogP contribution in [0.2, 0.25) is 0 Å². The number of aryl methyl sites for hydroxylation is 1. The molecule has 0 aliphatic carbocycles. The van der Waals surface area contributed by atoms with Crippen molar-refractivity contribution in [1.82, 2.24) is 9.78 Å². The number of ether oxygens (including phenoxy) is 1. The smallest absolute Gasteiger partial charge is 0.347 e. The van der Waals surface area contributed by atoms with Crippen LogP contribution in [0.1, 0.15) is 11.3 Å². The average molecular weight is 439 g/mol. The summed E-state index contributed by atoms with van der Waals surface area (Å²) < 4.78 is 12.7. The third kappa shape index (κ3) is 3.03. The summed E-state index contributed by atoms with van der Waals surface area (Å²) in [4.78, 5) is 24.1. The van der Waals surface area contributed by atoms with E-state index in [9.17, 15) is 9.59 Å². The van der Waals surface area contributed by atoms with Crippen molar-refractivity contribution < 1.29 is 13.9 Å². The molecule has 0 atom stereocenters. The first-order valence-corrected chi connectivity index (χ1v) is 9.26. The number of aromatic nitrogens is 2. The molecule has 0 bridgehead atoms. The van der Waals surface area contributed by atoms with E-state index in [-0.39, 0.29) is 0 Å². The number of carbonyl (C=O) groups excluding carboxylic acids is 1. The molecule has 7 heteroatoms. The largest absolute Gasteiger partial charge is 0.466 e. The van der Waals surface area contributed by atoms with E-state index < -0.39 is 11.6 Å². The predicted molar refractivity (Wildman–Crippen MR) is 111 cm³/mol. The maximum Gasteiger partial charge on any atom is 0.347 e. The zero-order chi connectivity index (χ0) is 19.8. The molecule has 2 aromatic carbocycles. The molecule has 0 aliphatic rings. The first-order valence-electron chi connectivity index (χ1n) is 8.46. The van der Waals surface area contributed by atoms with Gasteiger partial charge in [-0.15, -0.1) is 0 Å². The molecule has 0 fully saturated rings. The molecular formula is C21H15BrN2O4. The number of benzene rings is 2. The van der Waals surface area contributed by atoms with Crippen LogP contribution in [0.15, 0.2) is 62.2 Å². The maximum absolute atomic E-state index is 12.5. The van der Waals surface area contributed by atoms with E-state index in [1.165, 1.54) is 13.2 Å². The van der Waals surface area contributed by atoms with Crippen molar-refractivity contribution in [3.8, 4) is 5.69 Å². The summed E-state index contributed by atoms with van der Waals surface area (Å²) in [6, 6.07) is 13.0. The summed E-state index contributed by atoms with van der Waals surface area (Å²) in [7, 11) is 1.32. The van der Waals surface area contributed by atoms with Crippen molar-refractivity contribution in [1.29, 1.82) is 0 Å². The fourth-order valence-corrected chi connectivity index (χ4v) is 3.55. The number of esters is 1. The molecule has 140 valence electrons. The van der Waals surface area contributed by atoms with Gasteiger partial charge in [-0.3, -0.25) is 0 Å². The fourth-order valence-electron chi connectivity index (χ4n) is 3.17. The second-order valence-corrected chi connectivity index (χ2v) is 7.08. The minimum Gasteiger partial charge on any atom is -0.466 e. The first kappa shape index (κ1) is 18.2.